The molecule has 0 aliphatic carbocycles. The molecule has 0 radical (unpaired) electrons. The summed E-state index contributed by atoms with van der Waals surface area (Å²) in [6, 6.07) is 4.01. The second-order valence-corrected chi connectivity index (χ2v) is 5.20. The molecule has 0 aliphatic heterocycles. The predicted molar refractivity (Wildman–Crippen MR) is 53.9 cm³/mol. The third-order valence-corrected chi connectivity index (χ3v) is 3.62. The zero-order valence-electron chi connectivity index (χ0n) is 7.20. The number of halogens is 2. The van der Waals surface area contributed by atoms with Crippen LogP contribution in [0.15, 0.2) is 23.1 Å². The first kappa shape index (κ1) is 11.3. The number of nitrogens with two attached hydrogens (primary N) is 1. The summed E-state index contributed by atoms with van der Waals surface area (Å²) >= 11 is 5.60. The van der Waals surface area contributed by atoms with Crippen molar-refractivity contribution in [1.82, 2.24) is 0 Å². The van der Waals surface area contributed by atoms with E-state index in [2.05, 4.69) is 0 Å². The standard InChI is InChI=1S/C8H9ClFNO2S/c9-6-1-2-8(7(11)5-6)14(12,13)4-3-10/h1-2,5H,3-4,11H2. The Hall–Kier alpha value is -0.810. The van der Waals surface area contributed by atoms with Crippen LogP contribution < -0.4 is 5.73 Å². The number of hydrogen-bond donors (Lipinski definition) is 1. The van der Waals surface area contributed by atoms with Gasteiger partial charge in [-0.2, -0.15) is 0 Å². The summed E-state index contributed by atoms with van der Waals surface area (Å²) in [4.78, 5) is -0.0699. The normalized spacial score (nSPS) is 11.6. The Morgan fingerprint density at radius 3 is 2.57 bits per heavy atom. The molecule has 2 N–H and O–H groups in total. The van der Waals surface area contributed by atoms with Crippen molar-refractivity contribution in [2.24, 2.45) is 0 Å². The van der Waals surface area contributed by atoms with Gasteiger partial charge in [-0.3, -0.25) is 0 Å². The highest BCUT2D eigenvalue weighted by atomic mass is 35.5. The molecule has 0 fully saturated rings. The molecule has 1 aromatic rings. The van der Waals surface area contributed by atoms with Crippen molar-refractivity contribution in [2.75, 3.05) is 18.2 Å². The number of benzene rings is 1. The summed E-state index contributed by atoms with van der Waals surface area (Å²) in [7, 11) is -3.62. The maximum absolute atomic E-state index is 11.9. The van der Waals surface area contributed by atoms with Crippen LogP contribution in [0.25, 0.3) is 0 Å². The van der Waals surface area contributed by atoms with Crippen molar-refractivity contribution in [3.63, 3.8) is 0 Å². The third-order valence-electron chi connectivity index (χ3n) is 1.65. The Morgan fingerprint density at radius 2 is 2.07 bits per heavy atom. The van der Waals surface area contributed by atoms with Gasteiger partial charge < -0.3 is 5.73 Å². The monoisotopic (exact) mass is 237 g/mol. The minimum atomic E-state index is -3.62. The molecule has 0 atom stereocenters. The van der Waals surface area contributed by atoms with E-state index in [0.717, 1.165) is 0 Å². The summed E-state index contributed by atoms with van der Waals surface area (Å²) in [5.74, 6) is -0.557. The highest BCUT2D eigenvalue weighted by molar-refractivity contribution is 7.91. The molecule has 6 heteroatoms. The first-order valence-electron chi connectivity index (χ1n) is 3.81. The zero-order valence-corrected chi connectivity index (χ0v) is 8.78. The van der Waals surface area contributed by atoms with Gasteiger partial charge in [0.05, 0.1) is 16.3 Å². The van der Waals surface area contributed by atoms with Crippen molar-refractivity contribution in [3.05, 3.63) is 23.2 Å². The Labute approximate surface area is 86.6 Å². The number of alkyl halides is 1. The molecule has 0 heterocycles. The van der Waals surface area contributed by atoms with Crippen molar-refractivity contribution in [2.45, 2.75) is 4.90 Å². The van der Waals surface area contributed by atoms with Gasteiger partial charge >= 0.3 is 0 Å². The van der Waals surface area contributed by atoms with Crippen molar-refractivity contribution >= 4 is 27.1 Å². The first-order chi connectivity index (χ1) is 6.47. The van der Waals surface area contributed by atoms with E-state index in [1.807, 2.05) is 0 Å². The Bertz CT molecular complexity index is 433. The number of hydrogen-bond acceptors (Lipinski definition) is 3. The maximum atomic E-state index is 11.9. The van der Waals surface area contributed by atoms with E-state index in [0.29, 0.717) is 5.02 Å². The average Bonchev–Trinajstić information content (AvgIpc) is 2.02. The first-order valence-corrected chi connectivity index (χ1v) is 5.84. The van der Waals surface area contributed by atoms with Gasteiger partial charge in [-0.1, -0.05) is 11.6 Å². The van der Waals surface area contributed by atoms with Crippen LogP contribution in [-0.2, 0) is 9.84 Å². The minimum Gasteiger partial charge on any atom is -0.398 e. The highest BCUT2D eigenvalue weighted by Gasteiger charge is 2.17. The molecule has 0 bridgehead atoms. The topological polar surface area (TPSA) is 60.2 Å². The van der Waals surface area contributed by atoms with Gasteiger partial charge in [0.2, 0.25) is 0 Å². The molecular weight excluding hydrogens is 229 g/mol. The van der Waals surface area contributed by atoms with Gasteiger partial charge in [-0.05, 0) is 18.2 Å². The van der Waals surface area contributed by atoms with Crippen LogP contribution in [0, 0.1) is 0 Å². The highest BCUT2D eigenvalue weighted by Crippen LogP contribution is 2.23. The summed E-state index contributed by atoms with van der Waals surface area (Å²) in [6.45, 7) is -0.926. The van der Waals surface area contributed by atoms with E-state index in [-0.39, 0.29) is 10.6 Å². The molecule has 78 valence electrons. The lowest BCUT2D eigenvalue weighted by Crippen LogP contribution is -2.10. The third kappa shape index (κ3) is 2.36. The van der Waals surface area contributed by atoms with Gasteiger partial charge in [0.1, 0.15) is 6.67 Å². The lowest BCUT2D eigenvalue weighted by Gasteiger charge is -2.05. The summed E-state index contributed by atoms with van der Waals surface area (Å²) < 4.78 is 34.7. The molecule has 0 amide bonds. The molecule has 3 nitrogen and oxygen atoms in total. The second kappa shape index (κ2) is 4.14. The molecular formula is C8H9ClFNO2S. The fourth-order valence-corrected chi connectivity index (χ4v) is 2.31. The van der Waals surface area contributed by atoms with E-state index >= 15 is 0 Å². The van der Waals surface area contributed by atoms with E-state index in [1.54, 1.807) is 0 Å². The number of nitrogen functional groups attached to an aromatic ring is 1. The molecule has 0 spiro atoms. The van der Waals surface area contributed by atoms with Crippen LogP contribution in [0.5, 0.6) is 0 Å². The van der Waals surface area contributed by atoms with Crippen LogP contribution in [0.3, 0.4) is 0 Å². The van der Waals surface area contributed by atoms with Gasteiger partial charge in [-0.15, -0.1) is 0 Å². The Morgan fingerprint density at radius 1 is 1.43 bits per heavy atom. The quantitative estimate of drug-likeness (QED) is 0.814. The summed E-state index contributed by atoms with van der Waals surface area (Å²) in [5, 5.41) is 0.349. The predicted octanol–water partition coefficient (Wildman–Crippen LogP) is 1.67. The van der Waals surface area contributed by atoms with E-state index in [1.165, 1.54) is 18.2 Å². The Balaban J connectivity index is 3.20. The SMILES string of the molecule is Nc1cc(Cl)ccc1S(=O)(=O)CCF. The molecule has 0 saturated heterocycles. The van der Waals surface area contributed by atoms with Crippen LogP contribution in [-0.4, -0.2) is 20.8 Å². The number of anilines is 1. The van der Waals surface area contributed by atoms with Crippen LogP contribution in [0.1, 0.15) is 0 Å². The van der Waals surface area contributed by atoms with Gasteiger partial charge in [0.15, 0.2) is 9.84 Å². The molecule has 0 saturated carbocycles. The van der Waals surface area contributed by atoms with Crippen molar-refractivity contribution < 1.29 is 12.8 Å². The molecule has 0 aromatic heterocycles. The molecule has 14 heavy (non-hydrogen) atoms. The molecule has 0 aliphatic rings. The minimum absolute atomic E-state index is 0.0472. The average molecular weight is 238 g/mol. The smallest absolute Gasteiger partial charge is 0.182 e. The molecule has 1 rings (SSSR count). The van der Waals surface area contributed by atoms with Crippen LogP contribution >= 0.6 is 11.6 Å². The fourth-order valence-electron chi connectivity index (χ4n) is 1.01. The largest absolute Gasteiger partial charge is 0.398 e. The van der Waals surface area contributed by atoms with Gasteiger partial charge in [0, 0.05) is 5.02 Å². The zero-order chi connectivity index (χ0) is 10.8. The fraction of sp³-hybridized carbons (Fsp3) is 0.250. The number of sulfone groups is 1. The van der Waals surface area contributed by atoms with Crippen LogP contribution in [0.4, 0.5) is 10.1 Å². The summed E-state index contributed by atoms with van der Waals surface area (Å²) in [5.41, 5.74) is 5.50. The molecule has 1 aromatic carbocycles. The van der Waals surface area contributed by atoms with Gasteiger partial charge in [0.25, 0.3) is 0 Å². The second-order valence-electron chi connectivity index (χ2n) is 2.69. The van der Waals surface area contributed by atoms with E-state index in [4.69, 9.17) is 17.3 Å². The molecule has 0 unspecified atom stereocenters. The Kier molecular flexibility index (Phi) is 3.34. The van der Waals surface area contributed by atoms with Crippen molar-refractivity contribution in [1.29, 1.82) is 0 Å². The maximum Gasteiger partial charge on any atom is 0.182 e. The van der Waals surface area contributed by atoms with Crippen LogP contribution in [0.2, 0.25) is 5.02 Å². The lowest BCUT2D eigenvalue weighted by molar-refractivity contribution is 0.517. The lowest BCUT2D eigenvalue weighted by atomic mass is 10.3. The van der Waals surface area contributed by atoms with E-state index in [9.17, 15) is 12.8 Å². The van der Waals surface area contributed by atoms with E-state index < -0.39 is 22.3 Å². The van der Waals surface area contributed by atoms with Crippen molar-refractivity contribution in [3.8, 4) is 0 Å². The number of rotatable bonds is 3. The summed E-state index contributed by atoms with van der Waals surface area (Å²) in [6.07, 6.45) is 0. The van der Waals surface area contributed by atoms with Gasteiger partial charge in [-0.25, -0.2) is 12.8 Å².